The summed E-state index contributed by atoms with van der Waals surface area (Å²) in [5.41, 5.74) is 4.37. The SMILES string of the molecule is Cc1nn(C)c(C)c1CCC(=O)N1CCc2nc(-c3ccccc3)nn2CC1. The third-order valence-corrected chi connectivity index (χ3v) is 5.57. The van der Waals surface area contributed by atoms with Crippen LogP contribution in [-0.4, -0.2) is 48.4 Å². The summed E-state index contributed by atoms with van der Waals surface area (Å²) >= 11 is 0. The van der Waals surface area contributed by atoms with Crippen LogP contribution in [0.1, 0.15) is 29.2 Å². The first-order valence-corrected chi connectivity index (χ1v) is 9.79. The zero-order valence-corrected chi connectivity index (χ0v) is 16.7. The van der Waals surface area contributed by atoms with Gasteiger partial charge >= 0.3 is 0 Å². The van der Waals surface area contributed by atoms with Gasteiger partial charge in [-0.2, -0.15) is 10.2 Å². The molecule has 0 radical (unpaired) electrons. The summed E-state index contributed by atoms with van der Waals surface area (Å²) < 4.78 is 3.83. The molecule has 1 aliphatic rings. The van der Waals surface area contributed by atoms with Crippen molar-refractivity contribution in [3.05, 3.63) is 53.1 Å². The lowest BCUT2D eigenvalue weighted by Gasteiger charge is -2.20. The van der Waals surface area contributed by atoms with Crippen molar-refractivity contribution >= 4 is 5.91 Å². The smallest absolute Gasteiger partial charge is 0.222 e. The van der Waals surface area contributed by atoms with Crippen molar-refractivity contribution in [3.63, 3.8) is 0 Å². The lowest BCUT2D eigenvalue weighted by molar-refractivity contribution is -0.131. The Labute approximate surface area is 165 Å². The first kappa shape index (κ1) is 18.4. The molecule has 2 aromatic heterocycles. The standard InChI is InChI=1S/C21H26N6O/c1-15-18(16(2)25(3)23-15)9-10-20(28)26-12-11-19-22-21(24-27(19)14-13-26)17-7-5-4-6-8-17/h4-8H,9-14H2,1-3H3. The van der Waals surface area contributed by atoms with Crippen LogP contribution < -0.4 is 0 Å². The third kappa shape index (κ3) is 3.56. The minimum Gasteiger partial charge on any atom is -0.340 e. The fourth-order valence-electron chi connectivity index (χ4n) is 3.83. The second kappa shape index (κ2) is 7.58. The maximum atomic E-state index is 12.8. The number of benzene rings is 1. The number of aryl methyl sites for hydroxylation is 2. The van der Waals surface area contributed by atoms with Gasteiger partial charge in [-0.05, 0) is 25.8 Å². The molecule has 4 rings (SSSR count). The van der Waals surface area contributed by atoms with Gasteiger partial charge in [0.15, 0.2) is 5.82 Å². The number of nitrogens with zero attached hydrogens (tertiary/aromatic N) is 6. The molecule has 0 aliphatic carbocycles. The lowest BCUT2D eigenvalue weighted by Crippen LogP contribution is -2.34. The summed E-state index contributed by atoms with van der Waals surface area (Å²) in [5.74, 6) is 1.91. The van der Waals surface area contributed by atoms with Crippen LogP contribution in [0.5, 0.6) is 0 Å². The largest absolute Gasteiger partial charge is 0.340 e. The van der Waals surface area contributed by atoms with Crippen molar-refractivity contribution in [3.8, 4) is 11.4 Å². The molecule has 1 aliphatic heterocycles. The molecule has 0 spiro atoms. The van der Waals surface area contributed by atoms with Gasteiger partial charge < -0.3 is 4.90 Å². The summed E-state index contributed by atoms with van der Waals surface area (Å²) in [6, 6.07) is 10.0. The molecule has 146 valence electrons. The molecule has 7 heteroatoms. The average molecular weight is 378 g/mol. The molecule has 3 heterocycles. The number of hydrogen-bond donors (Lipinski definition) is 0. The number of carbonyl (C=O) groups is 1. The second-order valence-corrected chi connectivity index (χ2v) is 7.34. The third-order valence-electron chi connectivity index (χ3n) is 5.57. The van der Waals surface area contributed by atoms with E-state index in [1.54, 1.807) is 0 Å². The summed E-state index contributed by atoms with van der Waals surface area (Å²) in [4.78, 5) is 19.4. The van der Waals surface area contributed by atoms with Gasteiger partial charge in [0.05, 0.1) is 12.2 Å². The first-order chi connectivity index (χ1) is 13.5. The molecule has 0 bridgehead atoms. The highest BCUT2D eigenvalue weighted by Gasteiger charge is 2.22. The van der Waals surface area contributed by atoms with Gasteiger partial charge in [-0.25, -0.2) is 9.67 Å². The number of fused-ring (bicyclic) bond motifs is 1. The highest BCUT2D eigenvalue weighted by atomic mass is 16.2. The fraction of sp³-hybridized carbons (Fsp3) is 0.429. The van der Waals surface area contributed by atoms with E-state index in [-0.39, 0.29) is 5.91 Å². The molecule has 1 aromatic carbocycles. The molecule has 0 fully saturated rings. The van der Waals surface area contributed by atoms with E-state index in [2.05, 4.69) is 17.1 Å². The van der Waals surface area contributed by atoms with Crippen LogP contribution in [0, 0.1) is 13.8 Å². The molecule has 0 atom stereocenters. The topological polar surface area (TPSA) is 68.8 Å². The summed E-state index contributed by atoms with van der Waals surface area (Å²) in [6.07, 6.45) is 1.98. The van der Waals surface area contributed by atoms with Gasteiger partial charge in [0.25, 0.3) is 0 Å². The van der Waals surface area contributed by atoms with Gasteiger partial charge in [-0.1, -0.05) is 30.3 Å². The quantitative estimate of drug-likeness (QED) is 0.699. The van der Waals surface area contributed by atoms with Crippen molar-refractivity contribution in [1.29, 1.82) is 0 Å². The van der Waals surface area contributed by atoms with Crippen molar-refractivity contribution in [1.82, 2.24) is 29.4 Å². The van der Waals surface area contributed by atoms with E-state index in [1.165, 1.54) is 5.56 Å². The monoisotopic (exact) mass is 378 g/mol. The van der Waals surface area contributed by atoms with Crippen LogP contribution in [0.4, 0.5) is 0 Å². The summed E-state index contributed by atoms with van der Waals surface area (Å²) in [6.45, 7) is 6.12. The Balaban J connectivity index is 1.39. The van der Waals surface area contributed by atoms with Crippen LogP contribution in [0.3, 0.4) is 0 Å². The van der Waals surface area contributed by atoms with Crippen LogP contribution in [-0.2, 0) is 31.2 Å². The number of aromatic nitrogens is 5. The van der Waals surface area contributed by atoms with Gasteiger partial charge in [-0.15, -0.1) is 0 Å². The minimum atomic E-state index is 0.191. The molecule has 1 amide bonds. The number of rotatable bonds is 4. The van der Waals surface area contributed by atoms with E-state index in [1.807, 2.05) is 58.6 Å². The van der Waals surface area contributed by atoms with E-state index in [9.17, 15) is 4.79 Å². The van der Waals surface area contributed by atoms with Crippen LogP contribution in [0.15, 0.2) is 30.3 Å². The molecule has 3 aromatic rings. The minimum absolute atomic E-state index is 0.191. The van der Waals surface area contributed by atoms with Crippen molar-refractivity contribution < 1.29 is 4.79 Å². The molecular weight excluding hydrogens is 352 g/mol. The van der Waals surface area contributed by atoms with Crippen molar-refractivity contribution in [2.45, 2.75) is 39.7 Å². The summed E-state index contributed by atoms with van der Waals surface area (Å²) in [5, 5.41) is 9.09. The van der Waals surface area contributed by atoms with Gasteiger partial charge in [-0.3, -0.25) is 9.48 Å². The van der Waals surface area contributed by atoms with E-state index in [4.69, 9.17) is 4.98 Å². The Hall–Kier alpha value is -2.96. The lowest BCUT2D eigenvalue weighted by atomic mass is 10.1. The van der Waals surface area contributed by atoms with E-state index in [0.29, 0.717) is 26.1 Å². The summed E-state index contributed by atoms with van der Waals surface area (Å²) in [7, 11) is 1.95. The highest BCUT2D eigenvalue weighted by molar-refractivity contribution is 5.76. The first-order valence-electron chi connectivity index (χ1n) is 9.79. The van der Waals surface area contributed by atoms with E-state index in [0.717, 1.165) is 41.4 Å². The van der Waals surface area contributed by atoms with Crippen LogP contribution in [0.2, 0.25) is 0 Å². The zero-order valence-electron chi connectivity index (χ0n) is 16.7. The molecule has 28 heavy (non-hydrogen) atoms. The predicted octanol–water partition coefficient (Wildman–Crippen LogP) is 2.31. The Morgan fingerprint density at radius 2 is 1.86 bits per heavy atom. The number of hydrogen-bond acceptors (Lipinski definition) is 4. The van der Waals surface area contributed by atoms with Crippen molar-refractivity contribution in [2.75, 3.05) is 13.1 Å². The second-order valence-electron chi connectivity index (χ2n) is 7.34. The maximum absolute atomic E-state index is 12.8. The van der Waals surface area contributed by atoms with E-state index < -0.39 is 0 Å². The highest BCUT2D eigenvalue weighted by Crippen LogP contribution is 2.18. The normalized spacial score (nSPS) is 14.0. The Kier molecular flexibility index (Phi) is 4.98. The maximum Gasteiger partial charge on any atom is 0.222 e. The number of carbonyl (C=O) groups excluding carboxylic acids is 1. The molecular formula is C21H26N6O. The predicted molar refractivity (Wildman–Crippen MR) is 107 cm³/mol. The zero-order chi connectivity index (χ0) is 19.7. The average Bonchev–Trinajstić information content (AvgIpc) is 3.14. The Morgan fingerprint density at radius 1 is 1.07 bits per heavy atom. The van der Waals surface area contributed by atoms with Crippen LogP contribution in [0.25, 0.3) is 11.4 Å². The number of amides is 1. The molecule has 7 nitrogen and oxygen atoms in total. The Morgan fingerprint density at radius 3 is 2.57 bits per heavy atom. The van der Waals surface area contributed by atoms with Crippen LogP contribution >= 0.6 is 0 Å². The van der Waals surface area contributed by atoms with E-state index >= 15 is 0 Å². The van der Waals surface area contributed by atoms with Gasteiger partial charge in [0.1, 0.15) is 5.82 Å². The van der Waals surface area contributed by atoms with Gasteiger partial charge in [0.2, 0.25) is 5.91 Å². The molecule has 0 saturated heterocycles. The van der Waals surface area contributed by atoms with Gasteiger partial charge in [0, 0.05) is 44.2 Å². The molecule has 0 N–H and O–H groups in total. The fourth-order valence-corrected chi connectivity index (χ4v) is 3.83. The van der Waals surface area contributed by atoms with Crippen molar-refractivity contribution in [2.24, 2.45) is 7.05 Å². The molecule has 0 unspecified atom stereocenters. The Bertz CT molecular complexity index is 962. The molecule has 0 saturated carbocycles.